The maximum atomic E-state index is 12.2. The third-order valence-electron chi connectivity index (χ3n) is 5.31. The number of piperidine rings is 1. The fraction of sp³-hybridized carbons (Fsp3) is 0.579. The number of aryl methyl sites for hydroxylation is 1. The van der Waals surface area contributed by atoms with Gasteiger partial charge in [0.2, 0.25) is 0 Å². The number of carboxylic acids is 1. The summed E-state index contributed by atoms with van der Waals surface area (Å²) in [5, 5.41) is 15.1. The molecule has 0 spiro atoms. The van der Waals surface area contributed by atoms with E-state index < -0.39 is 5.97 Å². The van der Waals surface area contributed by atoms with Gasteiger partial charge >= 0.3 is 12.0 Å². The SMILES string of the molecule is O=C(O)CCc1ccc(C2CNC(=O)N2CCC2CCNCC2)cc1. The Morgan fingerprint density at radius 3 is 2.60 bits per heavy atom. The van der Waals surface area contributed by atoms with E-state index in [0.717, 1.165) is 37.2 Å². The smallest absolute Gasteiger partial charge is 0.318 e. The van der Waals surface area contributed by atoms with Crippen LogP contribution in [0.5, 0.6) is 0 Å². The lowest BCUT2D eigenvalue weighted by Gasteiger charge is -2.28. The standard InChI is InChI=1S/C19H27N3O3/c23-18(24)6-3-14-1-4-16(5-2-14)17-13-21-19(25)22(17)12-9-15-7-10-20-11-8-15/h1-2,4-5,15,17,20H,3,6-13H2,(H,21,25)(H,23,24). The Morgan fingerprint density at radius 1 is 1.20 bits per heavy atom. The molecule has 3 N–H and O–H groups in total. The summed E-state index contributed by atoms with van der Waals surface area (Å²) in [5.41, 5.74) is 2.13. The van der Waals surface area contributed by atoms with Crippen molar-refractivity contribution in [1.82, 2.24) is 15.5 Å². The van der Waals surface area contributed by atoms with Crippen LogP contribution in [0.4, 0.5) is 4.79 Å². The molecule has 136 valence electrons. The average Bonchev–Trinajstić information content (AvgIpc) is 3.00. The van der Waals surface area contributed by atoms with Gasteiger partial charge in [0, 0.05) is 19.5 Å². The van der Waals surface area contributed by atoms with E-state index in [9.17, 15) is 9.59 Å². The monoisotopic (exact) mass is 345 g/mol. The van der Waals surface area contributed by atoms with E-state index in [1.54, 1.807) is 0 Å². The first-order valence-corrected chi connectivity index (χ1v) is 9.19. The molecule has 0 radical (unpaired) electrons. The summed E-state index contributed by atoms with van der Waals surface area (Å²) >= 11 is 0. The molecule has 2 aliphatic heterocycles. The summed E-state index contributed by atoms with van der Waals surface area (Å²) < 4.78 is 0. The summed E-state index contributed by atoms with van der Waals surface area (Å²) in [6, 6.07) is 8.11. The molecule has 0 bridgehead atoms. The van der Waals surface area contributed by atoms with Crippen LogP contribution in [0.3, 0.4) is 0 Å². The molecule has 1 aromatic rings. The van der Waals surface area contributed by atoms with Gasteiger partial charge in [-0.2, -0.15) is 0 Å². The van der Waals surface area contributed by atoms with Gasteiger partial charge in [-0.3, -0.25) is 4.79 Å². The molecule has 1 atom stereocenters. The van der Waals surface area contributed by atoms with Gasteiger partial charge in [-0.15, -0.1) is 0 Å². The molecular formula is C19H27N3O3. The third kappa shape index (κ3) is 4.72. The minimum Gasteiger partial charge on any atom is -0.481 e. The summed E-state index contributed by atoms with van der Waals surface area (Å²) in [7, 11) is 0. The van der Waals surface area contributed by atoms with E-state index in [-0.39, 0.29) is 18.5 Å². The van der Waals surface area contributed by atoms with Crippen LogP contribution in [0, 0.1) is 5.92 Å². The van der Waals surface area contributed by atoms with E-state index >= 15 is 0 Å². The third-order valence-corrected chi connectivity index (χ3v) is 5.31. The lowest BCUT2D eigenvalue weighted by Crippen LogP contribution is -2.34. The van der Waals surface area contributed by atoms with Gasteiger partial charge in [-0.05, 0) is 55.8 Å². The molecular weight excluding hydrogens is 318 g/mol. The highest BCUT2D eigenvalue weighted by Gasteiger charge is 2.32. The average molecular weight is 345 g/mol. The molecule has 0 aliphatic carbocycles. The first kappa shape index (κ1) is 17.7. The van der Waals surface area contributed by atoms with Crippen molar-refractivity contribution in [2.24, 2.45) is 5.92 Å². The summed E-state index contributed by atoms with van der Waals surface area (Å²) in [4.78, 5) is 24.8. The molecule has 1 unspecified atom stereocenters. The minimum atomic E-state index is -0.779. The summed E-state index contributed by atoms with van der Waals surface area (Å²) in [6.07, 6.45) is 4.13. The largest absolute Gasteiger partial charge is 0.481 e. The van der Waals surface area contributed by atoms with Gasteiger partial charge in [-0.25, -0.2) is 4.79 Å². The minimum absolute atomic E-state index is 0.0221. The second kappa shape index (κ2) is 8.34. The van der Waals surface area contributed by atoms with Crippen LogP contribution in [-0.2, 0) is 11.2 Å². The Hall–Kier alpha value is -2.08. The molecule has 6 nitrogen and oxygen atoms in total. The quantitative estimate of drug-likeness (QED) is 0.707. The fourth-order valence-corrected chi connectivity index (χ4v) is 3.74. The number of urea groups is 1. The molecule has 2 saturated heterocycles. The van der Waals surface area contributed by atoms with Crippen molar-refractivity contribution in [1.29, 1.82) is 0 Å². The Labute approximate surface area is 148 Å². The highest BCUT2D eigenvalue weighted by atomic mass is 16.4. The topological polar surface area (TPSA) is 81.7 Å². The van der Waals surface area contributed by atoms with Crippen molar-refractivity contribution < 1.29 is 14.7 Å². The lowest BCUT2D eigenvalue weighted by molar-refractivity contribution is -0.136. The van der Waals surface area contributed by atoms with Crippen LogP contribution in [0.15, 0.2) is 24.3 Å². The second-order valence-corrected chi connectivity index (χ2v) is 7.01. The molecule has 0 aromatic heterocycles. The molecule has 3 rings (SSSR count). The zero-order valence-corrected chi connectivity index (χ0v) is 14.5. The number of rotatable bonds is 7. The number of carboxylic acid groups (broad SMARTS) is 1. The van der Waals surface area contributed by atoms with Crippen molar-refractivity contribution in [3.63, 3.8) is 0 Å². The van der Waals surface area contributed by atoms with Crippen molar-refractivity contribution in [2.45, 2.75) is 38.1 Å². The van der Waals surface area contributed by atoms with E-state index in [1.807, 2.05) is 29.2 Å². The first-order chi connectivity index (χ1) is 12.1. The number of nitrogens with one attached hydrogen (secondary N) is 2. The summed E-state index contributed by atoms with van der Waals surface area (Å²) in [5.74, 6) is -0.0764. The molecule has 25 heavy (non-hydrogen) atoms. The normalized spacial score (nSPS) is 21.4. The van der Waals surface area contributed by atoms with Crippen molar-refractivity contribution in [3.05, 3.63) is 35.4 Å². The number of amides is 2. The highest BCUT2D eigenvalue weighted by molar-refractivity contribution is 5.77. The number of hydrogen-bond donors (Lipinski definition) is 3. The van der Waals surface area contributed by atoms with Gasteiger partial charge in [0.25, 0.3) is 0 Å². The zero-order chi connectivity index (χ0) is 17.6. The van der Waals surface area contributed by atoms with Crippen molar-refractivity contribution >= 4 is 12.0 Å². The Bertz CT molecular complexity index is 596. The van der Waals surface area contributed by atoms with Gasteiger partial charge in [0.05, 0.1) is 6.04 Å². The molecule has 0 saturated carbocycles. The number of nitrogens with zero attached hydrogens (tertiary/aromatic N) is 1. The highest BCUT2D eigenvalue weighted by Crippen LogP contribution is 2.27. The maximum absolute atomic E-state index is 12.2. The van der Waals surface area contributed by atoms with E-state index in [4.69, 9.17) is 5.11 Å². The van der Waals surface area contributed by atoms with E-state index in [0.29, 0.717) is 18.9 Å². The van der Waals surface area contributed by atoms with E-state index in [2.05, 4.69) is 10.6 Å². The Kier molecular flexibility index (Phi) is 5.91. The Balaban J connectivity index is 1.59. The predicted molar refractivity (Wildman–Crippen MR) is 95.5 cm³/mol. The number of hydrogen-bond acceptors (Lipinski definition) is 3. The number of benzene rings is 1. The number of aliphatic carboxylic acids is 1. The predicted octanol–water partition coefficient (Wildman–Crippen LogP) is 2.16. The number of carbonyl (C=O) groups is 2. The van der Waals surface area contributed by atoms with Crippen LogP contribution < -0.4 is 10.6 Å². The van der Waals surface area contributed by atoms with Gasteiger partial charge in [0.15, 0.2) is 0 Å². The Morgan fingerprint density at radius 2 is 1.92 bits per heavy atom. The van der Waals surface area contributed by atoms with Crippen LogP contribution in [0.2, 0.25) is 0 Å². The molecule has 1 aromatic carbocycles. The maximum Gasteiger partial charge on any atom is 0.318 e. The fourth-order valence-electron chi connectivity index (χ4n) is 3.74. The molecule has 2 aliphatic rings. The number of carbonyl (C=O) groups excluding carboxylic acids is 1. The van der Waals surface area contributed by atoms with Crippen LogP contribution >= 0.6 is 0 Å². The lowest BCUT2D eigenvalue weighted by atomic mass is 9.94. The van der Waals surface area contributed by atoms with Crippen molar-refractivity contribution in [3.8, 4) is 0 Å². The molecule has 6 heteroatoms. The van der Waals surface area contributed by atoms with Crippen molar-refractivity contribution in [2.75, 3.05) is 26.2 Å². The molecule has 2 amide bonds. The second-order valence-electron chi connectivity index (χ2n) is 7.01. The molecule has 2 heterocycles. The first-order valence-electron chi connectivity index (χ1n) is 9.19. The zero-order valence-electron chi connectivity index (χ0n) is 14.5. The van der Waals surface area contributed by atoms with Gasteiger partial charge in [-0.1, -0.05) is 24.3 Å². The van der Waals surface area contributed by atoms with Crippen LogP contribution in [0.25, 0.3) is 0 Å². The van der Waals surface area contributed by atoms with Gasteiger partial charge in [0.1, 0.15) is 0 Å². The van der Waals surface area contributed by atoms with Gasteiger partial charge < -0.3 is 20.6 Å². The van der Waals surface area contributed by atoms with E-state index in [1.165, 1.54) is 12.8 Å². The summed E-state index contributed by atoms with van der Waals surface area (Å²) in [6.45, 7) is 3.59. The van der Waals surface area contributed by atoms with Crippen LogP contribution in [-0.4, -0.2) is 48.2 Å². The molecule has 2 fully saturated rings. The van der Waals surface area contributed by atoms with Crippen LogP contribution in [0.1, 0.15) is 42.9 Å².